The Kier molecular flexibility index (Phi) is 6.53. The van der Waals surface area contributed by atoms with Gasteiger partial charge in [0.05, 0.1) is 31.1 Å². The van der Waals surface area contributed by atoms with Crippen LogP contribution in [0, 0.1) is 0 Å². The molecule has 5 aromatic rings. The van der Waals surface area contributed by atoms with Crippen molar-refractivity contribution in [2.75, 3.05) is 31.2 Å². The summed E-state index contributed by atoms with van der Waals surface area (Å²) in [4.78, 5) is 23.9. The van der Waals surface area contributed by atoms with E-state index in [0.29, 0.717) is 11.4 Å². The molecule has 1 aliphatic rings. The van der Waals surface area contributed by atoms with Crippen molar-refractivity contribution in [3.05, 3.63) is 89.4 Å². The average Bonchev–Trinajstić information content (AvgIpc) is 3.46. The Morgan fingerprint density at radius 2 is 1.84 bits per heavy atom. The maximum absolute atomic E-state index is 12.4. The minimum Gasteiger partial charge on any atom is -0.487 e. The van der Waals surface area contributed by atoms with Gasteiger partial charge in [-0.25, -0.2) is 9.67 Å². The molecule has 38 heavy (non-hydrogen) atoms. The number of morpholine rings is 1. The van der Waals surface area contributed by atoms with Crippen LogP contribution >= 0.6 is 0 Å². The van der Waals surface area contributed by atoms with Gasteiger partial charge in [-0.2, -0.15) is 10.2 Å². The lowest BCUT2D eigenvalue weighted by Gasteiger charge is -2.27. The number of nitrogens with zero attached hydrogens (tertiary/aromatic N) is 7. The zero-order valence-electron chi connectivity index (χ0n) is 21.0. The normalized spacial score (nSPS) is 13.7. The molecule has 4 aromatic heterocycles. The quantitative estimate of drug-likeness (QED) is 0.329. The first-order valence-corrected chi connectivity index (χ1v) is 12.6. The standard InChI is InChI=1S/C28H27N7O3/c1-2-34-18-23(17-31-34)35-8-7-27(36)26(32-35)19-38-24-4-5-25-21(14-24)13-22(16-29-25)20-3-6-28(30-15-20)33-9-11-37-12-10-33/h3-8,13-18H,2,9-12,19H2,1H3. The number of anilines is 1. The van der Waals surface area contributed by atoms with Crippen LogP contribution in [0.2, 0.25) is 0 Å². The molecule has 1 aliphatic heterocycles. The highest BCUT2D eigenvalue weighted by Gasteiger charge is 2.13. The molecule has 0 aliphatic carbocycles. The number of hydrogen-bond donors (Lipinski definition) is 0. The van der Waals surface area contributed by atoms with E-state index in [-0.39, 0.29) is 12.0 Å². The van der Waals surface area contributed by atoms with Crippen LogP contribution in [-0.2, 0) is 17.9 Å². The zero-order chi connectivity index (χ0) is 25.9. The van der Waals surface area contributed by atoms with Crippen LogP contribution in [0.5, 0.6) is 5.75 Å². The number of benzene rings is 1. The Balaban J connectivity index is 1.19. The third-order valence-electron chi connectivity index (χ3n) is 6.53. The summed E-state index contributed by atoms with van der Waals surface area (Å²) in [7, 11) is 0. The topological polar surface area (TPSA) is 100 Å². The first-order chi connectivity index (χ1) is 18.7. The molecule has 1 aromatic carbocycles. The Bertz CT molecular complexity index is 1620. The second-order valence-corrected chi connectivity index (χ2v) is 9.00. The third-order valence-corrected chi connectivity index (χ3v) is 6.53. The predicted molar refractivity (Wildman–Crippen MR) is 144 cm³/mol. The molecule has 0 saturated carbocycles. The summed E-state index contributed by atoms with van der Waals surface area (Å²) >= 11 is 0. The molecule has 1 saturated heterocycles. The zero-order valence-corrected chi connectivity index (χ0v) is 21.0. The van der Waals surface area contributed by atoms with Crippen molar-refractivity contribution < 1.29 is 9.47 Å². The molecule has 0 radical (unpaired) electrons. The van der Waals surface area contributed by atoms with E-state index >= 15 is 0 Å². The van der Waals surface area contributed by atoms with Gasteiger partial charge in [-0.1, -0.05) is 0 Å². The molecule has 192 valence electrons. The number of aryl methyl sites for hydroxylation is 1. The van der Waals surface area contributed by atoms with Crippen molar-refractivity contribution in [2.45, 2.75) is 20.1 Å². The molecular formula is C28H27N7O3. The van der Waals surface area contributed by atoms with E-state index in [2.05, 4.69) is 37.2 Å². The molecular weight excluding hydrogens is 482 g/mol. The number of rotatable bonds is 7. The summed E-state index contributed by atoms with van der Waals surface area (Å²) in [5, 5.41) is 9.66. The molecule has 0 atom stereocenters. The third kappa shape index (κ3) is 4.98. The fourth-order valence-corrected chi connectivity index (χ4v) is 4.38. The lowest BCUT2D eigenvalue weighted by atomic mass is 10.1. The number of hydrogen-bond acceptors (Lipinski definition) is 8. The highest BCUT2D eigenvalue weighted by molar-refractivity contribution is 5.84. The molecule has 0 N–H and O–H groups in total. The number of aromatic nitrogens is 6. The maximum Gasteiger partial charge on any atom is 0.206 e. The molecule has 0 unspecified atom stereocenters. The van der Waals surface area contributed by atoms with E-state index in [0.717, 1.165) is 66.4 Å². The average molecular weight is 510 g/mol. The summed E-state index contributed by atoms with van der Waals surface area (Å²) in [6.07, 6.45) is 8.96. The van der Waals surface area contributed by atoms with Gasteiger partial charge in [0.25, 0.3) is 0 Å². The van der Waals surface area contributed by atoms with E-state index < -0.39 is 0 Å². The van der Waals surface area contributed by atoms with Crippen molar-refractivity contribution >= 4 is 16.7 Å². The lowest BCUT2D eigenvalue weighted by Crippen LogP contribution is -2.36. The van der Waals surface area contributed by atoms with Gasteiger partial charge in [0.2, 0.25) is 5.43 Å². The Hall–Kier alpha value is -4.57. The van der Waals surface area contributed by atoms with Crippen molar-refractivity contribution in [2.24, 2.45) is 0 Å². The molecule has 0 spiro atoms. The van der Waals surface area contributed by atoms with Gasteiger partial charge in [0.1, 0.15) is 29.6 Å². The minimum absolute atomic E-state index is 0.0487. The highest BCUT2D eigenvalue weighted by atomic mass is 16.5. The van der Waals surface area contributed by atoms with Crippen LogP contribution in [0.25, 0.3) is 27.7 Å². The molecule has 6 rings (SSSR count). The largest absolute Gasteiger partial charge is 0.487 e. The van der Waals surface area contributed by atoms with Gasteiger partial charge < -0.3 is 14.4 Å². The van der Waals surface area contributed by atoms with Crippen molar-refractivity contribution in [3.63, 3.8) is 0 Å². The van der Waals surface area contributed by atoms with Crippen molar-refractivity contribution in [1.29, 1.82) is 0 Å². The van der Waals surface area contributed by atoms with Crippen LogP contribution < -0.4 is 15.1 Å². The van der Waals surface area contributed by atoms with Gasteiger partial charge in [0.15, 0.2) is 0 Å². The minimum atomic E-state index is -0.179. The number of pyridine rings is 2. The monoisotopic (exact) mass is 509 g/mol. The summed E-state index contributed by atoms with van der Waals surface area (Å²) in [5.74, 6) is 1.59. The molecule has 5 heterocycles. The Morgan fingerprint density at radius 3 is 2.63 bits per heavy atom. The Labute approximate surface area is 219 Å². The van der Waals surface area contributed by atoms with Crippen LogP contribution in [0.15, 0.2) is 78.2 Å². The molecule has 10 heteroatoms. The predicted octanol–water partition coefficient (Wildman–Crippen LogP) is 3.47. The summed E-state index contributed by atoms with van der Waals surface area (Å²) < 4.78 is 14.8. The SMILES string of the molecule is CCn1cc(-n2ccc(=O)c(COc3ccc4ncc(-c5ccc(N6CCOCC6)nc5)cc4c3)n2)cn1. The van der Waals surface area contributed by atoms with Crippen LogP contribution in [0.3, 0.4) is 0 Å². The molecule has 1 fully saturated rings. The number of ether oxygens (including phenoxy) is 2. The Morgan fingerprint density at radius 1 is 0.974 bits per heavy atom. The second-order valence-electron chi connectivity index (χ2n) is 9.00. The first kappa shape index (κ1) is 23.8. The summed E-state index contributed by atoms with van der Waals surface area (Å²) in [6.45, 7) is 5.96. The van der Waals surface area contributed by atoms with Crippen molar-refractivity contribution in [3.8, 4) is 22.6 Å². The molecule has 10 nitrogen and oxygen atoms in total. The van der Waals surface area contributed by atoms with E-state index in [1.165, 1.54) is 6.07 Å². The van der Waals surface area contributed by atoms with Gasteiger partial charge >= 0.3 is 0 Å². The van der Waals surface area contributed by atoms with E-state index in [1.54, 1.807) is 21.8 Å². The van der Waals surface area contributed by atoms with Gasteiger partial charge in [0, 0.05) is 60.8 Å². The smallest absolute Gasteiger partial charge is 0.206 e. The summed E-state index contributed by atoms with van der Waals surface area (Å²) in [5.41, 5.74) is 3.73. The van der Waals surface area contributed by atoms with E-state index in [1.807, 2.05) is 49.8 Å². The van der Waals surface area contributed by atoms with Crippen molar-refractivity contribution in [1.82, 2.24) is 29.5 Å². The second kappa shape index (κ2) is 10.4. The fourth-order valence-electron chi connectivity index (χ4n) is 4.38. The maximum atomic E-state index is 12.4. The van der Waals surface area contributed by atoms with Gasteiger partial charge in [-0.3, -0.25) is 14.5 Å². The van der Waals surface area contributed by atoms with E-state index in [9.17, 15) is 4.79 Å². The van der Waals surface area contributed by atoms with Crippen LogP contribution in [0.4, 0.5) is 5.82 Å². The molecule has 0 bridgehead atoms. The number of fused-ring (bicyclic) bond motifs is 1. The van der Waals surface area contributed by atoms with E-state index in [4.69, 9.17) is 9.47 Å². The summed E-state index contributed by atoms with van der Waals surface area (Å²) in [6, 6.07) is 13.3. The lowest BCUT2D eigenvalue weighted by molar-refractivity contribution is 0.122. The van der Waals surface area contributed by atoms with Gasteiger partial charge in [-0.15, -0.1) is 0 Å². The van der Waals surface area contributed by atoms with Gasteiger partial charge in [-0.05, 0) is 43.3 Å². The van der Waals surface area contributed by atoms with Crippen LogP contribution in [0.1, 0.15) is 12.6 Å². The molecule has 0 amide bonds. The van der Waals surface area contributed by atoms with Crippen LogP contribution in [-0.4, -0.2) is 55.8 Å². The first-order valence-electron chi connectivity index (χ1n) is 12.6. The fraction of sp³-hybridized carbons (Fsp3) is 0.250. The highest BCUT2D eigenvalue weighted by Crippen LogP contribution is 2.26.